The SMILES string of the molecule is S=c1[nH]nc(Cc2ccccc2Nc2c(Cl)cccc2Cl)n1C1CCCCC1. The Kier molecular flexibility index (Phi) is 6.04. The van der Waals surface area contributed by atoms with Crippen LogP contribution in [0.2, 0.25) is 10.0 Å². The predicted octanol–water partition coefficient (Wildman–Crippen LogP) is 7.09. The molecule has 2 aromatic carbocycles. The molecule has 1 aliphatic rings. The summed E-state index contributed by atoms with van der Waals surface area (Å²) >= 11 is 18.2. The number of H-pyrrole nitrogens is 1. The molecular formula is C21H22Cl2N4S. The Hall–Kier alpha value is -1.82. The van der Waals surface area contributed by atoms with Crippen LogP contribution in [0.5, 0.6) is 0 Å². The molecule has 0 radical (unpaired) electrons. The highest BCUT2D eigenvalue weighted by Crippen LogP contribution is 2.34. The monoisotopic (exact) mass is 432 g/mol. The van der Waals surface area contributed by atoms with Crippen LogP contribution in [-0.4, -0.2) is 14.8 Å². The molecule has 0 unspecified atom stereocenters. The van der Waals surface area contributed by atoms with Gasteiger partial charge in [-0.05, 0) is 48.8 Å². The van der Waals surface area contributed by atoms with Gasteiger partial charge in [-0.3, -0.25) is 5.10 Å². The summed E-state index contributed by atoms with van der Waals surface area (Å²) in [6, 6.07) is 14.1. The van der Waals surface area contributed by atoms with Crippen molar-refractivity contribution in [2.45, 2.75) is 44.6 Å². The van der Waals surface area contributed by atoms with Gasteiger partial charge in [0.1, 0.15) is 5.82 Å². The molecule has 1 saturated carbocycles. The molecule has 0 spiro atoms. The fourth-order valence-electron chi connectivity index (χ4n) is 3.90. The molecule has 4 rings (SSSR count). The molecule has 1 heterocycles. The lowest BCUT2D eigenvalue weighted by Gasteiger charge is -2.24. The van der Waals surface area contributed by atoms with Gasteiger partial charge in [0.05, 0.1) is 15.7 Å². The van der Waals surface area contributed by atoms with Gasteiger partial charge in [0.15, 0.2) is 4.77 Å². The van der Waals surface area contributed by atoms with Gasteiger partial charge in [0.25, 0.3) is 0 Å². The van der Waals surface area contributed by atoms with Gasteiger partial charge in [-0.1, -0.05) is 66.7 Å². The number of nitrogens with zero attached hydrogens (tertiary/aromatic N) is 2. The maximum Gasteiger partial charge on any atom is 0.195 e. The first-order chi connectivity index (χ1) is 13.6. The second-order valence-corrected chi connectivity index (χ2v) is 8.36. The van der Waals surface area contributed by atoms with Gasteiger partial charge in [-0.15, -0.1) is 0 Å². The predicted molar refractivity (Wildman–Crippen MR) is 119 cm³/mol. The first-order valence-corrected chi connectivity index (χ1v) is 10.7. The van der Waals surface area contributed by atoms with Crippen LogP contribution < -0.4 is 5.32 Å². The summed E-state index contributed by atoms with van der Waals surface area (Å²) in [5, 5.41) is 12.1. The molecule has 0 aliphatic heterocycles. The maximum atomic E-state index is 6.34. The van der Waals surface area contributed by atoms with E-state index >= 15 is 0 Å². The van der Waals surface area contributed by atoms with Crippen molar-refractivity contribution in [2.75, 3.05) is 5.32 Å². The second-order valence-electron chi connectivity index (χ2n) is 7.16. The fourth-order valence-corrected chi connectivity index (χ4v) is 4.69. The summed E-state index contributed by atoms with van der Waals surface area (Å²) in [6.07, 6.45) is 6.81. The van der Waals surface area contributed by atoms with Crippen molar-refractivity contribution in [3.63, 3.8) is 0 Å². The van der Waals surface area contributed by atoms with E-state index in [-0.39, 0.29) is 0 Å². The van der Waals surface area contributed by atoms with Gasteiger partial charge >= 0.3 is 0 Å². The fraction of sp³-hybridized carbons (Fsp3) is 0.333. The zero-order valence-corrected chi connectivity index (χ0v) is 17.7. The highest BCUT2D eigenvalue weighted by molar-refractivity contribution is 7.71. The molecule has 0 saturated heterocycles. The third kappa shape index (κ3) is 4.12. The molecule has 1 fully saturated rings. The summed E-state index contributed by atoms with van der Waals surface area (Å²) < 4.78 is 2.93. The van der Waals surface area contributed by atoms with Crippen molar-refractivity contribution in [1.82, 2.24) is 14.8 Å². The molecule has 28 heavy (non-hydrogen) atoms. The Bertz CT molecular complexity index is 1000. The Morgan fingerprint density at radius 3 is 2.50 bits per heavy atom. The van der Waals surface area contributed by atoms with Gasteiger partial charge in [0, 0.05) is 18.2 Å². The third-order valence-electron chi connectivity index (χ3n) is 5.31. The van der Waals surface area contributed by atoms with E-state index < -0.39 is 0 Å². The van der Waals surface area contributed by atoms with Crippen LogP contribution in [0, 0.1) is 4.77 Å². The first kappa shape index (κ1) is 19.5. The summed E-state index contributed by atoms with van der Waals surface area (Å²) in [7, 11) is 0. The van der Waals surface area contributed by atoms with Gasteiger partial charge in [-0.25, -0.2) is 0 Å². The van der Waals surface area contributed by atoms with Gasteiger partial charge in [-0.2, -0.15) is 5.10 Å². The Morgan fingerprint density at radius 2 is 1.75 bits per heavy atom. The van der Waals surface area contributed by atoms with Crippen LogP contribution in [0.25, 0.3) is 0 Å². The molecule has 1 aromatic heterocycles. The number of hydrogen-bond acceptors (Lipinski definition) is 3. The number of nitrogens with one attached hydrogen (secondary N) is 2. The van der Waals surface area contributed by atoms with Crippen molar-refractivity contribution >= 4 is 46.8 Å². The minimum atomic E-state index is 0.438. The number of aromatic amines is 1. The maximum absolute atomic E-state index is 6.34. The summed E-state index contributed by atoms with van der Waals surface area (Å²) in [5.74, 6) is 0.969. The Balaban J connectivity index is 1.65. The number of hydrogen-bond donors (Lipinski definition) is 2. The van der Waals surface area contributed by atoms with E-state index in [0.29, 0.717) is 33.0 Å². The van der Waals surface area contributed by atoms with E-state index in [9.17, 15) is 0 Å². The van der Waals surface area contributed by atoms with Crippen molar-refractivity contribution in [2.24, 2.45) is 0 Å². The molecule has 7 heteroatoms. The second kappa shape index (κ2) is 8.68. The van der Waals surface area contributed by atoms with Crippen molar-refractivity contribution in [3.8, 4) is 0 Å². The molecule has 3 aromatic rings. The van der Waals surface area contributed by atoms with Crippen molar-refractivity contribution in [3.05, 3.63) is 68.7 Å². The summed E-state index contributed by atoms with van der Waals surface area (Å²) in [4.78, 5) is 0. The third-order valence-corrected chi connectivity index (χ3v) is 6.22. The highest BCUT2D eigenvalue weighted by atomic mass is 35.5. The Morgan fingerprint density at radius 1 is 1.04 bits per heavy atom. The van der Waals surface area contributed by atoms with E-state index in [1.54, 1.807) is 0 Å². The van der Waals surface area contributed by atoms with Crippen LogP contribution in [0.15, 0.2) is 42.5 Å². The minimum Gasteiger partial charge on any atom is -0.353 e. The molecule has 4 nitrogen and oxygen atoms in total. The van der Waals surface area contributed by atoms with Crippen LogP contribution in [0.4, 0.5) is 11.4 Å². The molecule has 146 valence electrons. The summed E-state index contributed by atoms with van der Waals surface area (Å²) in [5.41, 5.74) is 2.79. The number of aromatic nitrogens is 3. The van der Waals surface area contributed by atoms with Crippen LogP contribution in [0.3, 0.4) is 0 Å². The summed E-state index contributed by atoms with van der Waals surface area (Å²) in [6.45, 7) is 0. The number of rotatable bonds is 5. The molecule has 2 N–H and O–H groups in total. The smallest absolute Gasteiger partial charge is 0.195 e. The lowest BCUT2D eigenvalue weighted by molar-refractivity contribution is 0.344. The Labute approximate surface area is 179 Å². The lowest BCUT2D eigenvalue weighted by atomic mass is 9.95. The van der Waals surface area contributed by atoms with Crippen LogP contribution >= 0.6 is 35.4 Å². The number of para-hydroxylation sites is 2. The number of halogens is 2. The standard InChI is InChI=1S/C21H22Cl2N4S/c22-16-10-6-11-17(23)20(16)24-18-12-5-4-7-14(18)13-19-25-26-21(28)27(19)15-8-2-1-3-9-15/h4-7,10-12,15,24H,1-3,8-9,13H2,(H,26,28). The number of anilines is 2. The van der Waals surface area contributed by atoms with Gasteiger partial charge < -0.3 is 9.88 Å². The average Bonchev–Trinajstić information content (AvgIpc) is 3.07. The highest BCUT2D eigenvalue weighted by Gasteiger charge is 2.20. The van der Waals surface area contributed by atoms with Crippen molar-refractivity contribution in [1.29, 1.82) is 0 Å². The zero-order valence-electron chi connectivity index (χ0n) is 15.4. The quantitative estimate of drug-likeness (QED) is 0.423. The topological polar surface area (TPSA) is 45.6 Å². The number of benzene rings is 2. The minimum absolute atomic E-state index is 0.438. The lowest BCUT2D eigenvalue weighted by Crippen LogP contribution is -2.16. The van der Waals surface area contributed by atoms with E-state index in [4.69, 9.17) is 35.4 Å². The van der Waals surface area contributed by atoms with E-state index in [2.05, 4.69) is 26.1 Å². The van der Waals surface area contributed by atoms with Gasteiger partial charge in [0.2, 0.25) is 0 Å². The van der Waals surface area contributed by atoms with Crippen molar-refractivity contribution < 1.29 is 0 Å². The zero-order chi connectivity index (χ0) is 19.5. The van der Waals surface area contributed by atoms with E-state index in [0.717, 1.165) is 29.9 Å². The molecule has 1 aliphatic carbocycles. The first-order valence-electron chi connectivity index (χ1n) is 9.58. The van der Waals surface area contributed by atoms with E-state index in [1.165, 1.54) is 19.3 Å². The molecular weight excluding hydrogens is 411 g/mol. The van der Waals surface area contributed by atoms with E-state index in [1.807, 2.05) is 36.4 Å². The molecule has 0 atom stereocenters. The van der Waals surface area contributed by atoms with Crippen LogP contribution in [0.1, 0.15) is 49.5 Å². The molecule has 0 amide bonds. The average molecular weight is 433 g/mol. The van der Waals surface area contributed by atoms with Crippen LogP contribution in [-0.2, 0) is 6.42 Å². The normalized spacial score (nSPS) is 14.9. The molecule has 0 bridgehead atoms. The largest absolute Gasteiger partial charge is 0.353 e.